The van der Waals surface area contributed by atoms with Gasteiger partial charge in [-0.15, -0.1) is 0 Å². The molecule has 0 spiro atoms. The summed E-state index contributed by atoms with van der Waals surface area (Å²) in [6.45, 7) is 11.1. The van der Waals surface area contributed by atoms with Crippen LogP contribution in [0.5, 0.6) is 0 Å². The Bertz CT molecular complexity index is 379. The van der Waals surface area contributed by atoms with E-state index in [9.17, 15) is 0 Å². The van der Waals surface area contributed by atoms with Gasteiger partial charge in [0.1, 0.15) is 5.82 Å². The van der Waals surface area contributed by atoms with Crippen molar-refractivity contribution >= 4 is 0 Å². The molecule has 1 aliphatic heterocycles. The fourth-order valence-electron chi connectivity index (χ4n) is 2.80. The van der Waals surface area contributed by atoms with Crippen molar-refractivity contribution in [1.29, 1.82) is 0 Å². The Kier molecular flexibility index (Phi) is 3.87. The minimum absolute atomic E-state index is 0.514. The Morgan fingerprint density at radius 2 is 2.12 bits per heavy atom. The molecule has 1 aromatic heterocycles. The molecule has 1 aromatic rings. The Hall–Kier alpha value is -0.830. The molecule has 17 heavy (non-hydrogen) atoms. The molecule has 0 saturated heterocycles. The molecule has 0 radical (unpaired) electrons. The van der Waals surface area contributed by atoms with Gasteiger partial charge in [-0.3, -0.25) is 0 Å². The summed E-state index contributed by atoms with van der Waals surface area (Å²) in [5, 5.41) is 3.42. The predicted molar refractivity (Wildman–Crippen MR) is 71.3 cm³/mol. The molecule has 0 bridgehead atoms. The van der Waals surface area contributed by atoms with Gasteiger partial charge < -0.3 is 9.88 Å². The van der Waals surface area contributed by atoms with E-state index in [-0.39, 0.29) is 0 Å². The zero-order valence-electron chi connectivity index (χ0n) is 11.6. The predicted octanol–water partition coefficient (Wildman–Crippen LogP) is 3.01. The van der Waals surface area contributed by atoms with E-state index in [0.29, 0.717) is 12.0 Å². The molecule has 0 aliphatic carbocycles. The molecule has 3 nitrogen and oxygen atoms in total. The smallest absolute Gasteiger partial charge is 0.112 e. The number of fused-ring (bicyclic) bond motifs is 1. The summed E-state index contributed by atoms with van der Waals surface area (Å²) >= 11 is 0. The molecule has 96 valence electrons. The van der Waals surface area contributed by atoms with Crippen molar-refractivity contribution in [2.24, 2.45) is 0 Å². The van der Waals surface area contributed by atoms with Crippen LogP contribution in [0.15, 0.2) is 0 Å². The van der Waals surface area contributed by atoms with Crippen molar-refractivity contribution in [1.82, 2.24) is 14.9 Å². The van der Waals surface area contributed by atoms with Crippen molar-refractivity contribution in [3.05, 3.63) is 17.2 Å². The van der Waals surface area contributed by atoms with Crippen molar-refractivity contribution in [2.45, 2.75) is 65.5 Å². The highest BCUT2D eigenvalue weighted by molar-refractivity contribution is 5.22. The molecule has 2 heterocycles. The number of imidazole rings is 1. The summed E-state index contributed by atoms with van der Waals surface area (Å²) < 4.78 is 2.52. The highest BCUT2D eigenvalue weighted by Gasteiger charge is 2.23. The average Bonchev–Trinajstić information content (AvgIpc) is 2.68. The van der Waals surface area contributed by atoms with Crippen molar-refractivity contribution < 1.29 is 0 Å². The van der Waals surface area contributed by atoms with Crippen LogP contribution in [-0.2, 0) is 13.0 Å². The van der Waals surface area contributed by atoms with Gasteiger partial charge in [-0.25, -0.2) is 4.98 Å². The lowest BCUT2D eigenvalue weighted by Gasteiger charge is -2.22. The summed E-state index contributed by atoms with van der Waals surface area (Å²) in [5.41, 5.74) is 2.76. The SMILES string of the molecule is CCCC(C)n1c(C(C)C)nc2c1CCNC2. The summed E-state index contributed by atoms with van der Waals surface area (Å²) in [6, 6.07) is 0.590. The number of aromatic nitrogens is 2. The molecule has 2 rings (SSSR count). The first-order valence-electron chi connectivity index (χ1n) is 6.95. The quantitative estimate of drug-likeness (QED) is 0.869. The molecule has 0 saturated carbocycles. The van der Waals surface area contributed by atoms with Crippen LogP contribution < -0.4 is 5.32 Å². The van der Waals surface area contributed by atoms with E-state index in [1.807, 2.05) is 0 Å². The Labute approximate surface area is 105 Å². The van der Waals surface area contributed by atoms with Crippen LogP contribution in [0.2, 0.25) is 0 Å². The Balaban J connectivity index is 2.41. The topological polar surface area (TPSA) is 29.9 Å². The average molecular weight is 235 g/mol. The molecular formula is C14H25N3. The molecule has 0 amide bonds. The largest absolute Gasteiger partial charge is 0.329 e. The highest BCUT2D eigenvalue weighted by atomic mass is 15.1. The van der Waals surface area contributed by atoms with Crippen molar-refractivity contribution in [2.75, 3.05) is 6.54 Å². The normalized spacial score (nSPS) is 17.2. The second kappa shape index (κ2) is 5.21. The van der Waals surface area contributed by atoms with Crippen LogP contribution in [0.1, 0.15) is 69.7 Å². The molecule has 0 fully saturated rings. The zero-order valence-corrected chi connectivity index (χ0v) is 11.6. The monoisotopic (exact) mass is 235 g/mol. The number of hydrogen-bond acceptors (Lipinski definition) is 2. The molecule has 1 atom stereocenters. The molecule has 3 heteroatoms. The zero-order chi connectivity index (χ0) is 12.4. The van der Waals surface area contributed by atoms with Gasteiger partial charge in [-0.1, -0.05) is 27.2 Å². The maximum atomic E-state index is 4.85. The number of nitrogens with one attached hydrogen (secondary N) is 1. The molecule has 0 aromatic carbocycles. The van der Waals surface area contributed by atoms with Crippen LogP contribution in [-0.4, -0.2) is 16.1 Å². The van der Waals surface area contributed by atoms with Gasteiger partial charge in [0.2, 0.25) is 0 Å². The van der Waals surface area contributed by atoms with Gasteiger partial charge >= 0.3 is 0 Å². The van der Waals surface area contributed by atoms with E-state index in [0.717, 1.165) is 19.5 Å². The summed E-state index contributed by atoms with van der Waals surface area (Å²) in [4.78, 5) is 4.85. The van der Waals surface area contributed by atoms with Gasteiger partial charge in [-0.2, -0.15) is 0 Å². The van der Waals surface area contributed by atoms with E-state index >= 15 is 0 Å². The maximum Gasteiger partial charge on any atom is 0.112 e. The van der Waals surface area contributed by atoms with Crippen LogP contribution in [0, 0.1) is 0 Å². The molecule has 1 unspecified atom stereocenters. The standard InChI is InChI=1S/C14H25N3/c1-5-6-11(4)17-13-7-8-15-9-12(13)16-14(17)10(2)3/h10-11,15H,5-9H2,1-4H3. The molecule has 1 N–H and O–H groups in total. The lowest BCUT2D eigenvalue weighted by molar-refractivity contribution is 0.453. The van der Waals surface area contributed by atoms with Gasteiger partial charge in [0.25, 0.3) is 0 Å². The van der Waals surface area contributed by atoms with E-state index in [4.69, 9.17) is 4.98 Å². The summed E-state index contributed by atoms with van der Waals surface area (Å²) in [5.74, 6) is 1.79. The molecule has 1 aliphatic rings. The first kappa shape index (κ1) is 12.6. The van der Waals surface area contributed by atoms with Gasteiger partial charge in [0.05, 0.1) is 5.69 Å². The lowest BCUT2D eigenvalue weighted by atomic mass is 10.1. The third-order valence-corrected chi connectivity index (χ3v) is 3.61. The van der Waals surface area contributed by atoms with Gasteiger partial charge in [0, 0.05) is 37.2 Å². The number of nitrogens with zero attached hydrogens (tertiary/aromatic N) is 2. The van der Waals surface area contributed by atoms with Crippen LogP contribution in [0.3, 0.4) is 0 Å². The van der Waals surface area contributed by atoms with Crippen LogP contribution in [0.25, 0.3) is 0 Å². The number of rotatable bonds is 4. The fraction of sp³-hybridized carbons (Fsp3) is 0.786. The van der Waals surface area contributed by atoms with E-state index in [1.165, 1.54) is 30.1 Å². The van der Waals surface area contributed by atoms with E-state index < -0.39 is 0 Å². The van der Waals surface area contributed by atoms with E-state index in [1.54, 1.807) is 0 Å². The third kappa shape index (κ3) is 2.39. The van der Waals surface area contributed by atoms with Gasteiger partial charge in [-0.05, 0) is 13.3 Å². The second-order valence-corrected chi connectivity index (χ2v) is 5.45. The Morgan fingerprint density at radius 3 is 2.76 bits per heavy atom. The second-order valence-electron chi connectivity index (χ2n) is 5.45. The van der Waals surface area contributed by atoms with Crippen LogP contribution >= 0.6 is 0 Å². The van der Waals surface area contributed by atoms with Gasteiger partial charge in [0.15, 0.2) is 0 Å². The third-order valence-electron chi connectivity index (χ3n) is 3.61. The first-order chi connectivity index (χ1) is 8.15. The minimum Gasteiger partial charge on any atom is -0.329 e. The van der Waals surface area contributed by atoms with E-state index in [2.05, 4.69) is 37.6 Å². The minimum atomic E-state index is 0.514. The fourth-order valence-corrected chi connectivity index (χ4v) is 2.80. The van der Waals surface area contributed by atoms with Crippen molar-refractivity contribution in [3.8, 4) is 0 Å². The summed E-state index contributed by atoms with van der Waals surface area (Å²) in [7, 11) is 0. The maximum absolute atomic E-state index is 4.85. The summed E-state index contributed by atoms with van der Waals surface area (Å²) in [6.07, 6.45) is 3.61. The Morgan fingerprint density at radius 1 is 1.35 bits per heavy atom. The van der Waals surface area contributed by atoms with Crippen molar-refractivity contribution in [3.63, 3.8) is 0 Å². The first-order valence-corrected chi connectivity index (χ1v) is 6.95. The van der Waals surface area contributed by atoms with Crippen LogP contribution in [0.4, 0.5) is 0 Å². The highest BCUT2D eigenvalue weighted by Crippen LogP contribution is 2.27. The lowest BCUT2D eigenvalue weighted by Crippen LogP contribution is -2.25. The molecular weight excluding hydrogens is 210 g/mol. The number of hydrogen-bond donors (Lipinski definition) is 1.